The van der Waals surface area contributed by atoms with Gasteiger partial charge in [-0.1, -0.05) is 54.6 Å². The van der Waals surface area contributed by atoms with Gasteiger partial charge in [0.1, 0.15) is 11.4 Å². The molecule has 0 spiro atoms. The molecule has 0 amide bonds. The molecule has 1 unspecified atom stereocenters. The van der Waals surface area contributed by atoms with Crippen LogP contribution in [0.15, 0.2) is 94.6 Å². The summed E-state index contributed by atoms with van der Waals surface area (Å²) in [5, 5.41) is 15.2. The van der Waals surface area contributed by atoms with Crippen molar-refractivity contribution in [3.05, 3.63) is 96.5 Å². The number of para-hydroxylation sites is 1. The Morgan fingerprint density at radius 3 is 2.25 bits per heavy atom. The molecule has 0 aliphatic carbocycles. The van der Waals surface area contributed by atoms with Crippen LogP contribution in [0.3, 0.4) is 0 Å². The van der Waals surface area contributed by atoms with E-state index in [9.17, 15) is 0 Å². The van der Waals surface area contributed by atoms with Gasteiger partial charge < -0.3 is 4.42 Å². The van der Waals surface area contributed by atoms with Crippen molar-refractivity contribution in [2.75, 3.05) is 5.01 Å². The summed E-state index contributed by atoms with van der Waals surface area (Å²) >= 11 is 0. The molecule has 6 heteroatoms. The third-order valence-corrected chi connectivity index (χ3v) is 4.67. The molecule has 1 atom stereocenters. The molecule has 0 fully saturated rings. The second-order valence-corrected chi connectivity index (χ2v) is 6.48. The van der Waals surface area contributed by atoms with Crippen LogP contribution in [-0.4, -0.2) is 20.9 Å². The van der Waals surface area contributed by atoms with Crippen LogP contribution in [0.5, 0.6) is 0 Å². The van der Waals surface area contributed by atoms with Gasteiger partial charge in [0.25, 0.3) is 11.8 Å². The molecule has 0 bridgehead atoms. The molecule has 28 heavy (non-hydrogen) atoms. The molecule has 5 rings (SSSR count). The Morgan fingerprint density at radius 2 is 1.50 bits per heavy atom. The van der Waals surface area contributed by atoms with Crippen molar-refractivity contribution in [2.24, 2.45) is 5.10 Å². The van der Waals surface area contributed by atoms with Gasteiger partial charge in [0.2, 0.25) is 0 Å². The zero-order chi connectivity index (χ0) is 18.8. The van der Waals surface area contributed by atoms with E-state index in [0.29, 0.717) is 23.9 Å². The minimum atomic E-state index is 0.0730. The van der Waals surface area contributed by atoms with Crippen molar-refractivity contribution in [3.8, 4) is 11.6 Å². The topological polar surface area (TPSA) is 67.4 Å². The Kier molecular flexibility index (Phi) is 4.14. The quantitative estimate of drug-likeness (QED) is 0.532. The van der Waals surface area contributed by atoms with E-state index in [1.165, 1.54) is 5.56 Å². The molecule has 2 aromatic heterocycles. The summed E-state index contributed by atoms with van der Waals surface area (Å²) in [6.07, 6.45) is 2.39. The number of hydrogen-bond donors (Lipinski definition) is 0. The largest absolute Gasteiger partial charge is 0.413 e. The van der Waals surface area contributed by atoms with Crippen molar-refractivity contribution in [2.45, 2.75) is 12.5 Å². The van der Waals surface area contributed by atoms with Gasteiger partial charge in [-0.2, -0.15) is 5.10 Å². The number of rotatable bonds is 4. The maximum absolute atomic E-state index is 5.88. The maximum Gasteiger partial charge on any atom is 0.266 e. The van der Waals surface area contributed by atoms with Crippen molar-refractivity contribution in [1.29, 1.82) is 0 Å². The summed E-state index contributed by atoms with van der Waals surface area (Å²) in [7, 11) is 0. The first-order valence-corrected chi connectivity index (χ1v) is 9.10. The zero-order valence-corrected chi connectivity index (χ0v) is 15.0. The molecule has 2 aromatic carbocycles. The number of pyridine rings is 1. The fraction of sp³-hybridized carbons (Fsp3) is 0.0909. The Bertz CT molecular complexity index is 1090. The van der Waals surface area contributed by atoms with E-state index in [4.69, 9.17) is 9.52 Å². The van der Waals surface area contributed by atoms with Gasteiger partial charge in [0, 0.05) is 12.6 Å². The van der Waals surface area contributed by atoms with Gasteiger partial charge in [-0.25, -0.2) is 0 Å². The third-order valence-electron chi connectivity index (χ3n) is 4.67. The van der Waals surface area contributed by atoms with Crippen LogP contribution in [0, 0.1) is 0 Å². The number of nitrogens with zero attached hydrogens (tertiary/aromatic N) is 5. The van der Waals surface area contributed by atoms with Gasteiger partial charge in [0.15, 0.2) is 0 Å². The zero-order valence-electron chi connectivity index (χ0n) is 15.0. The minimum Gasteiger partial charge on any atom is -0.413 e. The maximum atomic E-state index is 5.88. The number of hydrazone groups is 1. The van der Waals surface area contributed by atoms with Crippen LogP contribution in [-0.2, 0) is 0 Å². The van der Waals surface area contributed by atoms with Crippen LogP contribution in [0.2, 0.25) is 0 Å². The Labute approximate surface area is 162 Å². The molecule has 1 aliphatic rings. The average molecular weight is 367 g/mol. The SMILES string of the molecule is c1ccc(C2CC(c3nnc(-c4ccccn4)o3)=NN2c2ccccc2)cc1. The number of anilines is 1. The highest BCUT2D eigenvalue weighted by atomic mass is 16.4. The summed E-state index contributed by atoms with van der Waals surface area (Å²) in [5.74, 6) is 0.827. The molecule has 1 aliphatic heterocycles. The number of hydrogen-bond acceptors (Lipinski definition) is 6. The average Bonchev–Trinajstić information content (AvgIpc) is 3.43. The molecule has 0 radical (unpaired) electrons. The predicted octanol–water partition coefficient (Wildman–Crippen LogP) is 4.49. The van der Waals surface area contributed by atoms with Crippen LogP contribution in [0.1, 0.15) is 23.9 Å². The molecule has 0 saturated carbocycles. The van der Waals surface area contributed by atoms with Gasteiger partial charge >= 0.3 is 0 Å². The minimum absolute atomic E-state index is 0.0730. The Hall–Kier alpha value is -3.80. The second-order valence-electron chi connectivity index (χ2n) is 6.48. The predicted molar refractivity (Wildman–Crippen MR) is 107 cm³/mol. The van der Waals surface area contributed by atoms with Gasteiger partial charge in [-0.3, -0.25) is 9.99 Å². The first-order chi connectivity index (χ1) is 13.9. The van der Waals surface area contributed by atoms with Crippen molar-refractivity contribution in [1.82, 2.24) is 15.2 Å². The third kappa shape index (κ3) is 3.05. The lowest BCUT2D eigenvalue weighted by Crippen LogP contribution is -2.18. The van der Waals surface area contributed by atoms with Crippen LogP contribution >= 0.6 is 0 Å². The molecular formula is C22H17N5O. The molecule has 136 valence electrons. The van der Waals surface area contributed by atoms with E-state index in [1.54, 1.807) is 6.20 Å². The smallest absolute Gasteiger partial charge is 0.266 e. The fourth-order valence-corrected chi connectivity index (χ4v) is 3.33. The van der Waals surface area contributed by atoms with Crippen LogP contribution < -0.4 is 5.01 Å². The summed E-state index contributed by atoms with van der Waals surface area (Å²) in [6.45, 7) is 0. The Balaban J connectivity index is 1.51. The Morgan fingerprint density at radius 1 is 0.786 bits per heavy atom. The van der Waals surface area contributed by atoms with Crippen molar-refractivity contribution < 1.29 is 4.42 Å². The van der Waals surface area contributed by atoms with Gasteiger partial charge in [0.05, 0.1) is 11.7 Å². The lowest BCUT2D eigenvalue weighted by atomic mass is 10.0. The highest BCUT2D eigenvalue weighted by Gasteiger charge is 2.32. The number of benzene rings is 2. The number of aromatic nitrogens is 3. The highest BCUT2D eigenvalue weighted by molar-refractivity contribution is 5.99. The molecule has 4 aromatic rings. The van der Waals surface area contributed by atoms with Crippen molar-refractivity contribution in [3.63, 3.8) is 0 Å². The van der Waals surface area contributed by atoms with E-state index in [2.05, 4.69) is 39.4 Å². The molecular weight excluding hydrogens is 350 g/mol. The highest BCUT2D eigenvalue weighted by Crippen LogP contribution is 2.36. The molecule has 3 heterocycles. The first-order valence-electron chi connectivity index (χ1n) is 9.10. The van der Waals surface area contributed by atoms with Gasteiger partial charge in [-0.05, 0) is 29.8 Å². The lowest BCUT2D eigenvalue weighted by molar-refractivity contribution is 0.554. The van der Waals surface area contributed by atoms with E-state index < -0.39 is 0 Å². The summed E-state index contributed by atoms with van der Waals surface area (Å²) < 4.78 is 5.88. The van der Waals surface area contributed by atoms with Crippen LogP contribution in [0.4, 0.5) is 5.69 Å². The van der Waals surface area contributed by atoms with E-state index in [0.717, 1.165) is 11.4 Å². The first kappa shape index (κ1) is 16.4. The molecule has 0 saturated heterocycles. The normalized spacial score (nSPS) is 16.2. The van der Waals surface area contributed by atoms with Gasteiger partial charge in [-0.15, -0.1) is 10.2 Å². The fourth-order valence-electron chi connectivity index (χ4n) is 3.33. The lowest BCUT2D eigenvalue weighted by Gasteiger charge is -2.23. The second kappa shape index (κ2) is 7.08. The van der Waals surface area contributed by atoms with Crippen LogP contribution in [0.25, 0.3) is 11.6 Å². The molecule has 6 nitrogen and oxygen atoms in total. The summed E-state index contributed by atoms with van der Waals surface area (Å²) in [6, 6.07) is 26.1. The standard InChI is InChI=1S/C22H17N5O/c1-3-9-16(10-4-1)20-15-19(26-27(20)17-11-5-2-6-12-17)22-25-24-21(28-22)18-13-7-8-14-23-18/h1-14,20H,15H2. The monoisotopic (exact) mass is 367 g/mol. The van der Waals surface area contributed by atoms with E-state index >= 15 is 0 Å². The van der Waals surface area contributed by atoms with E-state index in [-0.39, 0.29) is 6.04 Å². The van der Waals surface area contributed by atoms with E-state index in [1.807, 2.05) is 59.6 Å². The van der Waals surface area contributed by atoms with Crippen molar-refractivity contribution >= 4 is 11.4 Å². The summed E-state index contributed by atoms with van der Waals surface area (Å²) in [5.41, 5.74) is 3.64. The molecule has 0 N–H and O–H groups in total. The summed E-state index contributed by atoms with van der Waals surface area (Å²) in [4.78, 5) is 4.27.